The number of aromatic nitrogens is 1. The van der Waals surface area contributed by atoms with E-state index in [0.717, 1.165) is 6.07 Å². The fourth-order valence-corrected chi connectivity index (χ4v) is 1.24. The summed E-state index contributed by atoms with van der Waals surface area (Å²) < 4.78 is 37.0. The van der Waals surface area contributed by atoms with Gasteiger partial charge in [0.2, 0.25) is 0 Å². The highest BCUT2D eigenvalue weighted by molar-refractivity contribution is 9.08. The average Bonchev–Trinajstić information content (AvgIpc) is 2.09. The van der Waals surface area contributed by atoms with Crippen LogP contribution in [0.5, 0.6) is 0 Å². The highest BCUT2D eigenvalue weighted by Crippen LogP contribution is 2.18. The van der Waals surface area contributed by atoms with Crippen LogP contribution in [0.15, 0.2) is 10.9 Å². The third kappa shape index (κ3) is 2.12. The SMILES string of the molecule is O=c1[nH]c(C(F)F)cc(CBr)c1F. The first kappa shape index (κ1) is 10.3. The summed E-state index contributed by atoms with van der Waals surface area (Å²) in [5, 5.41) is 0.0302. The van der Waals surface area contributed by atoms with Crippen LogP contribution in [0.2, 0.25) is 0 Å². The number of nitrogens with one attached hydrogen (secondary N) is 1. The molecule has 6 heteroatoms. The lowest BCUT2D eigenvalue weighted by atomic mass is 10.2. The molecule has 72 valence electrons. The number of alkyl halides is 3. The van der Waals surface area contributed by atoms with Crippen LogP contribution in [0.1, 0.15) is 17.7 Å². The van der Waals surface area contributed by atoms with Gasteiger partial charge in [-0.3, -0.25) is 4.79 Å². The summed E-state index contributed by atoms with van der Waals surface area (Å²) in [6, 6.07) is 0.927. The molecule has 1 aromatic heterocycles. The van der Waals surface area contributed by atoms with E-state index in [4.69, 9.17) is 0 Å². The van der Waals surface area contributed by atoms with E-state index >= 15 is 0 Å². The smallest absolute Gasteiger partial charge is 0.284 e. The number of halogens is 4. The second kappa shape index (κ2) is 3.95. The van der Waals surface area contributed by atoms with Crippen molar-refractivity contribution < 1.29 is 13.2 Å². The van der Waals surface area contributed by atoms with E-state index in [9.17, 15) is 18.0 Å². The molecule has 0 fully saturated rings. The molecule has 0 bridgehead atoms. The molecular weight excluding hydrogens is 251 g/mol. The standard InChI is InChI=1S/C7H5BrF3NO/c8-2-3-1-4(6(10)11)12-7(13)5(3)9/h1,6H,2H2,(H,12,13). The zero-order chi connectivity index (χ0) is 10.0. The number of aromatic amines is 1. The molecule has 0 atom stereocenters. The maximum Gasteiger partial charge on any atom is 0.284 e. The summed E-state index contributed by atoms with van der Waals surface area (Å²) in [4.78, 5) is 12.5. The Balaban J connectivity index is 3.31. The van der Waals surface area contributed by atoms with Crippen molar-refractivity contribution in [2.75, 3.05) is 0 Å². The summed E-state index contributed by atoms with van der Waals surface area (Å²) in [5.41, 5.74) is -1.76. The first-order valence-corrected chi connectivity index (χ1v) is 4.44. The first-order chi connectivity index (χ1) is 6.06. The van der Waals surface area contributed by atoms with Gasteiger partial charge in [0.15, 0.2) is 5.82 Å². The Morgan fingerprint density at radius 3 is 2.62 bits per heavy atom. The summed E-state index contributed by atoms with van der Waals surface area (Å²) in [5.74, 6) is -1.03. The van der Waals surface area contributed by atoms with Crippen molar-refractivity contribution in [1.82, 2.24) is 4.98 Å². The van der Waals surface area contributed by atoms with Gasteiger partial charge < -0.3 is 4.98 Å². The zero-order valence-electron chi connectivity index (χ0n) is 6.28. The lowest BCUT2D eigenvalue weighted by Crippen LogP contribution is -2.15. The van der Waals surface area contributed by atoms with Gasteiger partial charge in [0.1, 0.15) is 0 Å². The van der Waals surface area contributed by atoms with Crippen LogP contribution in [0.25, 0.3) is 0 Å². The van der Waals surface area contributed by atoms with Gasteiger partial charge in [-0.25, -0.2) is 13.2 Å². The minimum Gasteiger partial charge on any atom is -0.319 e. The quantitative estimate of drug-likeness (QED) is 0.809. The van der Waals surface area contributed by atoms with E-state index in [1.165, 1.54) is 0 Å². The van der Waals surface area contributed by atoms with Crippen LogP contribution < -0.4 is 5.56 Å². The molecular formula is C7H5BrF3NO. The maximum atomic E-state index is 12.8. The number of hydrogen-bond acceptors (Lipinski definition) is 1. The summed E-state index contributed by atoms with van der Waals surface area (Å²) in [6.45, 7) is 0. The van der Waals surface area contributed by atoms with E-state index in [1.54, 1.807) is 4.98 Å². The largest absolute Gasteiger partial charge is 0.319 e. The second-order valence-corrected chi connectivity index (χ2v) is 2.89. The molecule has 1 aromatic rings. The van der Waals surface area contributed by atoms with Crippen LogP contribution in [0.4, 0.5) is 13.2 Å². The van der Waals surface area contributed by atoms with Gasteiger partial charge in [-0.1, -0.05) is 15.9 Å². The number of H-pyrrole nitrogens is 1. The Kier molecular flexibility index (Phi) is 3.13. The van der Waals surface area contributed by atoms with Crippen LogP contribution >= 0.6 is 15.9 Å². The number of hydrogen-bond donors (Lipinski definition) is 1. The molecule has 0 amide bonds. The molecule has 0 spiro atoms. The lowest BCUT2D eigenvalue weighted by Gasteiger charge is -2.02. The Labute approximate surface area is 79.9 Å². The fourth-order valence-electron chi connectivity index (χ4n) is 0.834. The molecule has 0 radical (unpaired) electrons. The van der Waals surface area contributed by atoms with Crippen molar-refractivity contribution in [1.29, 1.82) is 0 Å². The molecule has 2 nitrogen and oxygen atoms in total. The van der Waals surface area contributed by atoms with Crippen molar-refractivity contribution in [2.24, 2.45) is 0 Å². The summed E-state index contributed by atoms with van der Waals surface area (Å²) >= 11 is 2.89. The van der Waals surface area contributed by atoms with Gasteiger partial charge in [-0.2, -0.15) is 0 Å². The highest BCUT2D eigenvalue weighted by atomic mass is 79.9. The van der Waals surface area contributed by atoms with Gasteiger partial charge >= 0.3 is 0 Å². The summed E-state index contributed by atoms with van der Waals surface area (Å²) in [6.07, 6.45) is -2.80. The van der Waals surface area contributed by atoms with Gasteiger partial charge in [0.05, 0.1) is 5.69 Å². The molecule has 1 N–H and O–H groups in total. The third-order valence-electron chi connectivity index (χ3n) is 1.45. The van der Waals surface area contributed by atoms with Gasteiger partial charge in [0, 0.05) is 10.9 Å². The van der Waals surface area contributed by atoms with E-state index in [-0.39, 0.29) is 10.9 Å². The predicted molar refractivity (Wildman–Crippen MR) is 44.6 cm³/mol. The molecule has 0 aliphatic rings. The number of rotatable bonds is 2. The van der Waals surface area contributed by atoms with E-state index in [0.29, 0.717) is 0 Å². The van der Waals surface area contributed by atoms with E-state index in [2.05, 4.69) is 15.9 Å². The Morgan fingerprint density at radius 2 is 2.15 bits per heavy atom. The van der Waals surface area contributed by atoms with Crippen molar-refractivity contribution in [3.63, 3.8) is 0 Å². The third-order valence-corrected chi connectivity index (χ3v) is 2.05. The Hall–Kier alpha value is -0.780. The van der Waals surface area contributed by atoms with Crippen LogP contribution in [-0.4, -0.2) is 4.98 Å². The highest BCUT2D eigenvalue weighted by Gasteiger charge is 2.13. The Bertz CT molecular complexity index is 363. The lowest BCUT2D eigenvalue weighted by molar-refractivity contribution is 0.145. The Morgan fingerprint density at radius 1 is 1.54 bits per heavy atom. The minimum absolute atomic E-state index is 0.0302. The molecule has 0 unspecified atom stereocenters. The van der Waals surface area contributed by atoms with Crippen LogP contribution in [0, 0.1) is 5.82 Å². The average molecular weight is 256 g/mol. The van der Waals surface area contributed by atoms with E-state index in [1.807, 2.05) is 0 Å². The first-order valence-electron chi connectivity index (χ1n) is 3.32. The van der Waals surface area contributed by atoms with Gasteiger partial charge in [-0.05, 0) is 6.07 Å². The minimum atomic E-state index is -2.80. The van der Waals surface area contributed by atoms with E-state index < -0.39 is 23.5 Å². The molecule has 13 heavy (non-hydrogen) atoms. The normalized spacial score (nSPS) is 10.8. The van der Waals surface area contributed by atoms with Crippen molar-refractivity contribution in [2.45, 2.75) is 11.8 Å². The number of pyridine rings is 1. The summed E-state index contributed by atoms with van der Waals surface area (Å²) in [7, 11) is 0. The zero-order valence-corrected chi connectivity index (χ0v) is 7.87. The second-order valence-electron chi connectivity index (χ2n) is 2.33. The topological polar surface area (TPSA) is 32.9 Å². The molecule has 1 rings (SSSR count). The van der Waals surface area contributed by atoms with Crippen molar-refractivity contribution >= 4 is 15.9 Å². The fraction of sp³-hybridized carbons (Fsp3) is 0.286. The molecule has 0 aliphatic heterocycles. The predicted octanol–water partition coefficient (Wildman–Crippen LogP) is 2.35. The molecule has 0 saturated carbocycles. The maximum absolute atomic E-state index is 12.8. The van der Waals surface area contributed by atoms with Gasteiger partial charge in [-0.15, -0.1) is 0 Å². The molecule has 0 aromatic carbocycles. The molecule has 0 saturated heterocycles. The van der Waals surface area contributed by atoms with Crippen LogP contribution in [0.3, 0.4) is 0 Å². The van der Waals surface area contributed by atoms with Crippen LogP contribution in [-0.2, 0) is 5.33 Å². The molecule has 1 heterocycles. The monoisotopic (exact) mass is 255 g/mol. The van der Waals surface area contributed by atoms with Gasteiger partial charge in [0.25, 0.3) is 12.0 Å². The molecule has 0 aliphatic carbocycles. The van der Waals surface area contributed by atoms with Crippen molar-refractivity contribution in [3.8, 4) is 0 Å². The van der Waals surface area contributed by atoms with Crippen molar-refractivity contribution in [3.05, 3.63) is 33.5 Å².